The first-order valence-corrected chi connectivity index (χ1v) is 5.00. The molecule has 0 amide bonds. The van der Waals surface area contributed by atoms with Crippen LogP contribution in [0, 0.1) is 0 Å². The number of nitrogens with two attached hydrogens (primary N) is 1. The van der Waals surface area contributed by atoms with Crippen LogP contribution in [0.25, 0.3) is 0 Å². The topological polar surface area (TPSA) is 58.3 Å². The maximum absolute atomic E-state index is 9.11. The summed E-state index contributed by atoms with van der Waals surface area (Å²) >= 11 is 0. The van der Waals surface area contributed by atoms with E-state index in [2.05, 4.69) is 5.32 Å². The summed E-state index contributed by atoms with van der Waals surface area (Å²) in [4.78, 5) is 0. The molecule has 1 aromatic carbocycles. The molecule has 0 aromatic heterocycles. The molecule has 1 fully saturated rings. The fourth-order valence-electron chi connectivity index (χ4n) is 1.80. The van der Waals surface area contributed by atoms with E-state index < -0.39 is 0 Å². The molecule has 0 aliphatic heterocycles. The third-order valence-electron chi connectivity index (χ3n) is 2.72. The number of aliphatic hydroxyl groups is 1. The van der Waals surface area contributed by atoms with Crippen molar-refractivity contribution in [1.29, 1.82) is 0 Å². The molecule has 0 unspecified atom stereocenters. The van der Waals surface area contributed by atoms with Crippen LogP contribution in [0.1, 0.15) is 18.4 Å². The third kappa shape index (κ3) is 1.89. The highest BCUT2D eigenvalue weighted by molar-refractivity contribution is 5.51. The van der Waals surface area contributed by atoms with Gasteiger partial charge in [-0.1, -0.05) is 18.2 Å². The summed E-state index contributed by atoms with van der Waals surface area (Å²) in [5.41, 5.74) is 7.69. The molecule has 0 heterocycles. The maximum atomic E-state index is 9.11. The SMILES string of the molecule is NC1CC(Nc2ccccc2CO)C1. The van der Waals surface area contributed by atoms with Gasteiger partial charge in [0.25, 0.3) is 0 Å². The Labute approximate surface area is 83.9 Å². The molecule has 0 atom stereocenters. The molecule has 3 nitrogen and oxygen atoms in total. The van der Waals surface area contributed by atoms with Gasteiger partial charge in [-0.05, 0) is 18.9 Å². The van der Waals surface area contributed by atoms with Crippen molar-refractivity contribution in [2.24, 2.45) is 5.73 Å². The Hall–Kier alpha value is -1.06. The minimum atomic E-state index is 0.0853. The first-order chi connectivity index (χ1) is 6.79. The van der Waals surface area contributed by atoms with Gasteiger partial charge in [-0.25, -0.2) is 0 Å². The Morgan fingerprint density at radius 1 is 1.36 bits per heavy atom. The molecule has 1 saturated carbocycles. The Morgan fingerprint density at radius 2 is 2.07 bits per heavy atom. The average Bonchev–Trinajstić information content (AvgIpc) is 2.16. The summed E-state index contributed by atoms with van der Waals surface area (Å²) in [5, 5.41) is 12.5. The van der Waals surface area contributed by atoms with E-state index in [4.69, 9.17) is 10.8 Å². The zero-order valence-electron chi connectivity index (χ0n) is 8.11. The van der Waals surface area contributed by atoms with Gasteiger partial charge in [-0.15, -0.1) is 0 Å². The Balaban J connectivity index is 2.01. The summed E-state index contributed by atoms with van der Waals surface area (Å²) < 4.78 is 0. The highest BCUT2D eigenvalue weighted by atomic mass is 16.3. The average molecular weight is 192 g/mol. The monoisotopic (exact) mass is 192 g/mol. The summed E-state index contributed by atoms with van der Waals surface area (Å²) in [6.07, 6.45) is 2.06. The van der Waals surface area contributed by atoms with E-state index in [-0.39, 0.29) is 6.61 Å². The van der Waals surface area contributed by atoms with E-state index >= 15 is 0 Å². The molecule has 1 aliphatic rings. The smallest absolute Gasteiger partial charge is 0.0701 e. The van der Waals surface area contributed by atoms with Crippen LogP contribution in [-0.4, -0.2) is 17.2 Å². The molecule has 0 bridgehead atoms. The standard InChI is InChI=1S/C11H16N2O/c12-9-5-10(6-9)13-11-4-2-1-3-8(11)7-14/h1-4,9-10,13-14H,5-7,12H2. The lowest BCUT2D eigenvalue weighted by atomic mass is 9.87. The molecule has 0 radical (unpaired) electrons. The van der Waals surface area contributed by atoms with Gasteiger partial charge in [0, 0.05) is 23.3 Å². The first kappa shape index (κ1) is 9.49. The molecule has 2 rings (SSSR count). The number of hydrogen-bond acceptors (Lipinski definition) is 3. The lowest BCUT2D eigenvalue weighted by molar-refractivity contribution is 0.282. The van der Waals surface area contributed by atoms with Gasteiger partial charge >= 0.3 is 0 Å². The zero-order chi connectivity index (χ0) is 9.97. The van der Waals surface area contributed by atoms with Gasteiger partial charge in [0.15, 0.2) is 0 Å². The molecule has 3 heteroatoms. The van der Waals surface area contributed by atoms with Gasteiger partial charge in [0.05, 0.1) is 6.61 Å². The van der Waals surface area contributed by atoms with Crippen LogP contribution in [-0.2, 0) is 6.61 Å². The molecule has 0 saturated heterocycles. The summed E-state index contributed by atoms with van der Waals surface area (Å²) in [7, 11) is 0. The number of nitrogens with one attached hydrogen (secondary N) is 1. The highest BCUT2D eigenvalue weighted by Gasteiger charge is 2.25. The van der Waals surface area contributed by atoms with Gasteiger partial charge in [-0.3, -0.25) is 0 Å². The van der Waals surface area contributed by atoms with Gasteiger partial charge < -0.3 is 16.2 Å². The quantitative estimate of drug-likeness (QED) is 0.671. The van der Waals surface area contributed by atoms with E-state index in [0.29, 0.717) is 12.1 Å². The van der Waals surface area contributed by atoms with Crippen LogP contribution in [0.15, 0.2) is 24.3 Å². The van der Waals surface area contributed by atoms with E-state index in [1.165, 1.54) is 0 Å². The summed E-state index contributed by atoms with van der Waals surface area (Å²) in [5.74, 6) is 0. The van der Waals surface area contributed by atoms with Crippen molar-refractivity contribution < 1.29 is 5.11 Å². The molecular weight excluding hydrogens is 176 g/mol. The number of hydrogen-bond donors (Lipinski definition) is 3. The van der Waals surface area contributed by atoms with E-state index in [1.807, 2.05) is 24.3 Å². The lowest BCUT2D eigenvalue weighted by Crippen LogP contribution is -2.44. The summed E-state index contributed by atoms with van der Waals surface area (Å²) in [6, 6.07) is 8.67. The predicted molar refractivity (Wildman–Crippen MR) is 57.0 cm³/mol. The van der Waals surface area contributed by atoms with Crippen LogP contribution in [0.2, 0.25) is 0 Å². The largest absolute Gasteiger partial charge is 0.392 e. The zero-order valence-corrected chi connectivity index (χ0v) is 8.11. The number of para-hydroxylation sites is 1. The summed E-state index contributed by atoms with van der Waals surface area (Å²) in [6.45, 7) is 0.0853. The second-order valence-electron chi connectivity index (χ2n) is 3.89. The van der Waals surface area contributed by atoms with Crippen molar-refractivity contribution in [2.75, 3.05) is 5.32 Å². The first-order valence-electron chi connectivity index (χ1n) is 5.00. The molecule has 4 N–H and O–H groups in total. The number of benzene rings is 1. The predicted octanol–water partition coefficient (Wildman–Crippen LogP) is 1.08. The van der Waals surface area contributed by atoms with Crippen LogP contribution in [0.4, 0.5) is 5.69 Å². The molecule has 1 aromatic rings. The molecular formula is C11H16N2O. The van der Waals surface area contributed by atoms with E-state index in [1.54, 1.807) is 0 Å². The minimum Gasteiger partial charge on any atom is -0.392 e. The molecule has 14 heavy (non-hydrogen) atoms. The number of aliphatic hydroxyl groups excluding tert-OH is 1. The van der Waals surface area contributed by atoms with Gasteiger partial charge in [-0.2, -0.15) is 0 Å². The van der Waals surface area contributed by atoms with Crippen molar-refractivity contribution in [3.63, 3.8) is 0 Å². The van der Waals surface area contributed by atoms with Crippen molar-refractivity contribution in [1.82, 2.24) is 0 Å². The van der Waals surface area contributed by atoms with Crippen LogP contribution < -0.4 is 11.1 Å². The van der Waals surface area contributed by atoms with Crippen molar-refractivity contribution in [3.8, 4) is 0 Å². The fraction of sp³-hybridized carbons (Fsp3) is 0.455. The fourth-order valence-corrected chi connectivity index (χ4v) is 1.80. The molecule has 76 valence electrons. The number of anilines is 1. The lowest BCUT2D eigenvalue weighted by Gasteiger charge is -2.34. The van der Waals surface area contributed by atoms with Crippen LogP contribution in [0.3, 0.4) is 0 Å². The van der Waals surface area contributed by atoms with Gasteiger partial charge in [0.2, 0.25) is 0 Å². The second kappa shape index (κ2) is 3.98. The Bertz CT molecular complexity index is 308. The highest BCUT2D eigenvalue weighted by Crippen LogP contribution is 2.24. The Morgan fingerprint density at radius 3 is 2.71 bits per heavy atom. The van der Waals surface area contributed by atoms with E-state index in [0.717, 1.165) is 24.1 Å². The maximum Gasteiger partial charge on any atom is 0.0701 e. The van der Waals surface area contributed by atoms with Crippen LogP contribution >= 0.6 is 0 Å². The van der Waals surface area contributed by atoms with Crippen LogP contribution in [0.5, 0.6) is 0 Å². The molecule has 1 aliphatic carbocycles. The van der Waals surface area contributed by atoms with Crippen molar-refractivity contribution in [2.45, 2.75) is 31.5 Å². The third-order valence-corrected chi connectivity index (χ3v) is 2.72. The molecule has 0 spiro atoms. The Kier molecular flexibility index (Phi) is 2.70. The minimum absolute atomic E-state index is 0.0853. The second-order valence-corrected chi connectivity index (χ2v) is 3.89. The van der Waals surface area contributed by atoms with Gasteiger partial charge in [0.1, 0.15) is 0 Å². The van der Waals surface area contributed by atoms with E-state index in [9.17, 15) is 0 Å². The van der Waals surface area contributed by atoms with Crippen molar-refractivity contribution >= 4 is 5.69 Å². The van der Waals surface area contributed by atoms with Crippen molar-refractivity contribution in [3.05, 3.63) is 29.8 Å². The number of rotatable bonds is 3. The normalized spacial score (nSPS) is 25.6.